The summed E-state index contributed by atoms with van der Waals surface area (Å²) in [5, 5.41) is 0. The Hall–Kier alpha value is -3.07. The second kappa shape index (κ2) is 11.0. The van der Waals surface area contributed by atoms with Crippen LogP contribution in [0.1, 0.15) is 36.7 Å². The molecule has 0 bridgehead atoms. The summed E-state index contributed by atoms with van der Waals surface area (Å²) in [6, 6.07) is 10.9. The summed E-state index contributed by atoms with van der Waals surface area (Å²) >= 11 is 0. The molecule has 9 heteroatoms. The van der Waals surface area contributed by atoms with E-state index >= 15 is 0 Å². The highest BCUT2D eigenvalue weighted by Gasteiger charge is 2.24. The van der Waals surface area contributed by atoms with Gasteiger partial charge in [-0.2, -0.15) is 0 Å². The van der Waals surface area contributed by atoms with Crippen LogP contribution in [0.3, 0.4) is 0 Å². The molecule has 0 saturated carbocycles. The molecule has 32 heavy (non-hydrogen) atoms. The third-order valence-electron chi connectivity index (χ3n) is 5.04. The van der Waals surface area contributed by atoms with Crippen molar-refractivity contribution in [3.05, 3.63) is 53.6 Å². The molecule has 0 spiro atoms. The molecule has 0 fully saturated rings. The normalized spacial score (nSPS) is 11.0. The third-order valence-corrected chi connectivity index (χ3v) is 6.82. The molecule has 0 heterocycles. The minimum absolute atomic E-state index is 0.0542. The van der Waals surface area contributed by atoms with E-state index in [-0.39, 0.29) is 16.4 Å². The fourth-order valence-corrected chi connectivity index (χ4v) is 4.29. The molecule has 8 nitrogen and oxygen atoms in total. The largest absolute Gasteiger partial charge is 0.494 e. The van der Waals surface area contributed by atoms with Gasteiger partial charge in [-0.1, -0.05) is 6.07 Å². The van der Waals surface area contributed by atoms with Gasteiger partial charge >= 0.3 is 5.97 Å². The van der Waals surface area contributed by atoms with Gasteiger partial charge in [-0.05, 0) is 69.7 Å². The summed E-state index contributed by atoms with van der Waals surface area (Å²) in [4.78, 5) is 26.2. The lowest BCUT2D eigenvalue weighted by Crippen LogP contribution is -2.34. The number of esters is 1. The molecule has 0 saturated heterocycles. The van der Waals surface area contributed by atoms with Crippen molar-refractivity contribution in [3.63, 3.8) is 0 Å². The number of likely N-dealkylation sites (N-methyl/N-ethyl adjacent to an activating group) is 1. The van der Waals surface area contributed by atoms with Gasteiger partial charge in [0, 0.05) is 20.1 Å². The second-order valence-corrected chi connectivity index (χ2v) is 8.99. The van der Waals surface area contributed by atoms with Crippen LogP contribution in [0.25, 0.3) is 0 Å². The van der Waals surface area contributed by atoms with Crippen LogP contribution in [0.5, 0.6) is 5.75 Å². The van der Waals surface area contributed by atoms with Crippen molar-refractivity contribution in [2.24, 2.45) is 0 Å². The Morgan fingerprint density at radius 1 is 0.969 bits per heavy atom. The molecule has 0 radical (unpaired) electrons. The van der Waals surface area contributed by atoms with Crippen molar-refractivity contribution >= 4 is 27.6 Å². The van der Waals surface area contributed by atoms with E-state index in [0.717, 1.165) is 4.31 Å². The average molecular weight is 463 g/mol. The number of benzene rings is 2. The molecule has 0 unspecified atom stereocenters. The first kappa shape index (κ1) is 25.2. The van der Waals surface area contributed by atoms with Gasteiger partial charge in [0.25, 0.3) is 15.9 Å². The Labute approximate surface area is 189 Å². The van der Waals surface area contributed by atoms with Crippen LogP contribution in [-0.4, -0.2) is 58.5 Å². The molecule has 2 aromatic rings. The first-order chi connectivity index (χ1) is 15.1. The van der Waals surface area contributed by atoms with Crippen LogP contribution in [0, 0.1) is 6.92 Å². The smallest absolute Gasteiger partial charge is 0.338 e. The molecule has 174 valence electrons. The van der Waals surface area contributed by atoms with Crippen molar-refractivity contribution < 1.29 is 27.5 Å². The van der Waals surface area contributed by atoms with Crippen molar-refractivity contribution in [2.75, 3.05) is 37.7 Å². The monoisotopic (exact) mass is 462 g/mol. The van der Waals surface area contributed by atoms with Gasteiger partial charge in [0.05, 0.1) is 22.8 Å². The summed E-state index contributed by atoms with van der Waals surface area (Å²) in [6.07, 6.45) is 0. The fraction of sp³-hybridized carbons (Fsp3) is 0.391. The number of hydrogen-bond donors (Lipinski definition) is 0. The van der Waals surface area contributed by atoms with Crippen molar-refractivity contribution in [3.8, 4) is 5.75 Å². The van der Waals surface area contributed by atoms with Gasteiger partial charge in [-0.3, -0.25) is 9.10 Å². The summed E-state index contributed by atoms with van der Waals surface area (Å²) in [5.41, 5.74) is 1.09. The Balaban J connectivity index is 2.24. The van der Waals surface area contributed by atoms with E-state index in [9.17, 15) is 18.0 Å². The Morgan fingerprint density at radius 3 is 2.16 bits per heavy atom. The minimum Gasteiger partial charge on any atom is -0.494 e. The number of nitrogens with zero attached hydrogens (tertiary/aromatic N) is 2. The van der Waals surface area contributed by atoms with E-state index in [2.05, 4.69) is 0 Å². The first-order valence-corrected chi connectivity index (χ1v) is 11.9. The van der Waals surface area contributed by atoms with E-state index in [4.69, 9.17) is 9.47 Å². The zero-order valence-electron chi connectivity index (χ0n) is 19.1. The van der Waals surface area contributed by atoms with Crippen molar-refractivity contribution in [2.45, 2.75) is 32.6 Å². The highest BCUT2D eigenvalue weighted by atomic mass is 32.2. The summed E-state index contributed by atoms with van der Waals surface area (Å²) in [7, 11) is -2.50. The third kappa shape index (κ3) is 5.79. The molecule has 0 aromatic heterocycles. The maximum Gasteiger partial charge on any atom is 0.338 e. The maximum absolute atomic E-state index is 13.1. The summed E-state index contributed by atoms with van der Waals surface area (Å²) in [5.74, 6) is -0.412. The zero-order valence-corrected chi connectivity index (χ0v) is 19.9. The number of rotatable bonds is 10. The molecular formula is C23H30N2O6S. The van der Waals surface area contributed by atoms with Gasteiger partial charge in [-0.15, -0.1) is 0 Å². The van der Waals surface area contributed by atoms with Crippen LogP contribution >= 0.6 is 0 Å². The lowest BCUT2D eigenvalue weighted by molar-refractivity contribution is -0.134. The highest BCUT2D eigenvalue weighted by Crippen LogP contribution is 2.26. The topological polar surface area (TPSA) is 93.2 Å². The first-order valence-electron chi connectivity index (χ1n) is 10.4. The number of hydrogen-bond acceptors (Lipinski definition) is 6. The predicted molar refractivity (Wildman–Crippen MR) is 123 cm³/mol. The quantitative estimate of drug-likeness (QED) is 0.503. The molecule has 0 N–H and O–H groups in total. The highest BCUT2D eigenvalue weighted by molar-refractivity contribution is 7.92. The van der Waals surface area contributed by atoms with Gasteiger partial charge in [0.1, 0.15) is 5.75 Å². The van der Waals surface area contributed by atoms with E-state index in [1.807, 2.05) is 20.8 Å². The number of aryl methyl sites for hydroxylation is 1. The average Bonchev–Trinajstić information content (AvgIpc) is 2.78. The van der Waals surface area contributed by atoms with Gasteiger partial charge < -0.3 is 14.4 Å². The van der Waals surface area contributed by atoms with Gasteiger partial charge in [-0.25, -0.2) is 13.2 Å². The summed E-state index contributed by atoms with van der Waals surface area (Å²) in [6.45, 7) is 8.35. The molecule has 0 atom stereocenters. The van der Waals surface area contributed by atoms with Crippen LogP contribution in [0.2, 0.25) is 0 Å². The van der Waals surface area contributed by atoms with Crippen LogP contribution in [0.4, 0.5) is 5.69 Å². The van der Waals surface area contributed by atoms with Crippen LogP contribution < -0.4 is 9.04 Å². The Morgan fingerprint density at radius 2 is 1.59 bits per heavy atom. The Kier molecular flexibility index (Phi) is 8.65. The lowest BCUT2D eigenvalue weighted by Gasteiger charge is -2.21. The second-order valence-electron chi connectivity index (χ2n) is 7.02. The number of sulfonamides is 1. The van der Waals surface area contributed by atoms with Gasteiger partial charge in [0.15, 0.2) is 6.61 Å². The van der Waals surface area contributed by atoms with Gasteiger partial charge in [0.2, 0.25) is 0 Å². The van der Waals surface area contributed by atoms with Crippen LogP contribution in [0.15, 0.2) is 47.4 Å². The zero-order chi connectivity index (χ0) is 23.9. The SMILES string of the molecule is CCOc1ccc(N(C)S(=O)(=O)c2ccc(C)c(C(=O)OCC(=O)N(CC)CC)c2)cc1. The van der Waals surface area contributed by atoms with Crippen molar-refractivity contribution in [1.29, 1.82) is 0 Å². The molecular weight excluding hydrogens is 432 g/mol. The van der Waals surface area contributed by atoms with Crippen molar-refractivity contribution in [1.82, 2.24) is 4.90 Å². The molecule has 0 aliphatic heterocycles. The number of ether oxygens (including phenoxy) is 2. The van der Waals surface area contributed by atoms with Crippen LogP contribution in [-0.2, 0) is 19.6 Å². The standard InChI is InChI=1S/C23H30N2O6S/c1-6-25(7-2)22(26)16-31-23(27)21-15-20(14-9-17(21)4)32(28,29)24(5)18-10-12-19(13-11-18)30-8-3/h9-15H,6-8,16H2,1-5H3. The molecule has 2 aromatic carbocycles. The number of amides is 1. The number of carbonyl (C=O) groups excluding carboxylic acids is 2. The minimum atomic E-state index is -3.93. The van der Waals surface area contributed by atoms with E-state index in [1.54, 1.807) is 42.2 Å². The molecule has 0 aliphatic rings. The Bertz CT molecular complexity index is 1050. The van der Waals surface area contributed by atoms with E-state index < -0.39 is 22.6 Å². The number of carbonyl (C=O) groups is 2. The van der Waals surface area contributed by atoms with E-state index in [0.29, 0.717) is 36.7 Å². The summed E-state index contributed by atoms with van der Waals surface area (Å²) < 4.78 is 38.0. The molecule has 1 amide bonds. The molecule has 0 aliphatic carbocycles. The predicted octanol–water partition coefficient (Wildman–Crippen LogP) is 3.24. The maximum atomic E-state index is 13.1. The lowest BCUT2D eigenvalue weighted by atomic mass is 10.1. The molecule has 2 rings (SSSR count). The fourth-order valence-electron chi connectivity index (χ4n) is 3.07. The number of anilines is 1. The van der Waals surface area contributed by atoms with E-state index in [1.165, 1.54) is 19.2 Å².